The van der Waals surface area contributed by atoms with E-state index in [-0.39, 0.29) is 30.4 Å². The van der Waals surface area contributed by atoms with Crippen molar-refractivity contribution >= 4 is 17.8 Å². The van der Waals surface area contributed by atoms with E-state index in [0.717, 1.165) is 6.42 Å². The number of hydrogen-bond donors (Lipinski definition) is 2. The topological polar surface area (TPSA) is 86.7 Å². The van der Waals surface area contributed by atoms with Crippen LogP contribution in [-0.2, 0) is 14.4 Å². The normalized spacial score (nSPS) is 34.1. The minimum atomic E-state index is -0.838. The van der Waals surface area contributed by atoms with E-state index in [1.165, 1.54) is 0 Å². The van der Waals surface area contributed by atoms with E-state index in [4.69, 9.17) is 5.11 Å². The van der Waals surface area contributed by atoms with Gasteiger partial charge in [-0.15, -0.1) is 0 Å². The Bertz CT molecular complexity index is 368. The van der Waals surface area contributed by atoms with Gasteiger partial charge in [0.1, 0.15) is 0 Å². The summed E-state index contributed by atoms with van der Waals surface area (Å²) in [6.45, 7) is 1.99. The molecule has 0 aromatic heterocycles. The third-order valence-corrected chi connectivity index (χ3v) is 3.66. The van der Waals surface area contributed by atoms with Crippen LogP contribution in [0.4, 0.5) is 0 Å². The van der Waals surface area contributed by atoms with Crippen LogP contribution in [0.1, 0.15) is 26.2 Å². The summed E-state index contributed by atoms with van der Waals surface area (Å²) in [5, 5.41) is 11.3. The Balaban J connectivity index is 2.14. The largest absolute Gasteiger partial charge is 0.481 e. The molecule has 0 radical (unpaired) electrons. The Morgan fingerprint density at radius 2 is 2.18 bits per heavy atom. The third-order valence-electron chi connectivity index (χ3n) is 3.66. The molecule has 1 saturated carbocycles. The molecule has 6 heteroatoms. The summed E-state index contributed by atoms with van der Waals surface area (Å²) in [7, 11) is 0. The molecule has 2 fully saturated rings. The number of nitrogens with one attached hydrogen (secondary N) is 1. The fraction of sp³-hybridized carbons (Fsp3) is 0.727. The molecule has 17 heavy (non-hydrogen) atoms. The van der Waals surface area contributed by atoms with E-state index in [0.29, 0.717) is 12.8 Å². The van der Waals surface area contributed by atoms with Crippen LogP contribution in [-0.4, -0.2) is 46.4 Å². The maximum atomic E-state index is 11.6. The zero-order chi connectivity index (χ0) is 12.6. The number of rotatable bonds is 3. The molecular weight excluding hydrogens is 224 g/mol. The molecule has 1 saturated heterocycles. The van der Waals surface area contributed by atoms with Gasteiger partial charge in [0.05, 0.1) is 18.5 Å². The predicted octanol–water partition coefficient (Wildman–Crippen LogP) is -0.413. The number of nitrogens with zero attached hydrogens (tertiary/aromatic N) is 1. The molecule has 94 valence electrons. The van der Waals surface area contributed by atoms with Crippen molar-refractivity contribution in [3.63, 3.8) is 0 Å². The standard InChI is InChI=1S/C11H16N2O4/c1-2-7-10(15)12-9(14)5-13(7)8-4-3-6(8)11(16)17/h6-8H,2-5H2,1H3,(H,16,17)(H,12,14,15). The first-order valence-electron chi connectivity index (χ1n) is 5.86. The Kier molecular flexibility index (Phi) is 3.15. The number of hydrogen-bond acceptors (Lipinski definition) is 4. The molecule has 3 atom stereocenters. The first-order chi connectivity index (χ1) is 8.04. The van der Waals surface area contributed by atoms with Gasteiger partial charge in [-0.05, 0) is 19.3 Å². The summed E-state index contributed by atoms with van der Waals surface area (Å²) >= 11 is 0. The number of carboxylic acids is 1. The third kappa shape index (κ3) is 2.04. The van der Waals surface area contributed by atoms with E-state index in [1.807, 2.05) is 6.92 Å². The molecule has 0 aromatic rings. The fourth-order valence-corrected chi connectivity index (χ4v) is 2.62. The van der Waals surface area contributed by atoms with Gasteiger partial charge in [-0.1, -0.05) is 6.92 Å². The van der Waals surface area contributed by atoms with E-state index in [1.54, 1.807) is 4.90 Å². The van der Waals surface area contributed by atoms with Gasteiger partial charge in [-0.2, -0.15) is 0 Å². The van der Waals surface area contributed by atoms with E-state index in [9.17, 15) is 14.4 Å². The summed E-state index contributed by atoms with van der Waals surface area (Å²) in [5.74, 6) is -1.92. The lowest BCUT2D eigenvalue weighted by molar-refractivity contribution is -0.156. The van der Waals surface area contributed by atoms with E-state index < -0.39 is 11.9 Å². The maximum absolute atomic E-state index is 11.6. The number of piperazine rings is 1. The molecule has 3 unspecified atom stereocenters. The molecule has 1 heterocycles. The highest BCUT2D eigenvalue weighted by Gasteiger charge is 2.46. The molecule has 1 aliphatic carbocycles. The Labute approximate surface area is 99.0 Å². The molecule has 2 N–H and O–H groups in total. The first-order valence-corrected chi connectivity index (χ1v) is 5.86. The van der Waals surface area contributed by atoms with Crippen LogP contribution in [0.15, 0.2) is 0 Å². The minimum absolute atomic E-state index is 0.124. The monoisotopic (exact) mass is 240 g/mol. The molecule has 0 aromatic carbocycles. The second-order valence-corrected chi connectivity index (χ2v) is 4.60. The molecular formula is C11H16N2O4. The SMILES string of the molecule is CCC1C(=O)NC(=O)CN1C1CCC1C(=O)O. The second kappa shape index (κ2) is 4.44. The summed E-state index contributed by atoms with van der Waals surface area (Å²) in [4.78, 5) is 35.7. The number of aliphatic carboxylic acids is 1. The predicted molar refractivity (Wildman–Crippen MR) is 58.1 cm³/mol. The first kappa shape index (κ1) is 12.0. The van der Waals surface area contributed by atoms with Crippen molar-refractivity contribution < 1.29 is 19.5 Å². The average molecular weight is 240 g/mol. The summed E-state index contributed by atoms with van der Waals surface area (Å²) in [5.41, 5.74) is 0. The molecule has 0 bridgehead atoms. The molecule has 1 aliphatic heterocycles. The molecule has 2 rings (SSSR count). The van der Waals surface area contributed by atoms with Crippen molar-refractivity contribution in [1.29, 1.82) is 0 Å². The van der Waals surface area contributed by atoms with Gasteiger partial charge < -0.3 is 5.11 Å². The highest BCUT2D eigenvalue weighted by atomic mass is 16.4. The van der Waals surface area contributed by atoms with Crippen LogP contribution >= 0.6 is 0 Å². The fourth-order valence-electron chi connectivity index (χ4n) is 2.62. The number of carbonyl (C=O) groups excluding carboxylic acids is 2. The molecule has 0 spiro atoms. The Hall–Kier alpha value is -1.43. The van der Waals surface area contributed by atoms with E-state index >= 15 is 0 Å². The van der Waals surface area contributed by atoms with Gasteiger partial charge in [-0.25, -0.2) is 0 Å². The van der Waals surface area contributed by atoms with Crippen molar-refractivity contribution in [2.24, 2.45) is 5.92 Å². The summed E-state index contributed by atoms with van der Waals surface area (Å²) in [6.07, 6.45) is 1.96. The highest BCUT2D eigenvalue weighted by Crippen LogP contribution is 2.34. The summed E-state index contributed by atoms with van der Waals surface area (Å²) < 4.78 is 0. The minimum Gasteiger partial charge on any atom is -0.481 e. The lowest BCUT2D eigenvalue weighted by Crippen LogP contribution is -2.64. The lowest BCUT2D eigenvalue weighted by atomic mass is 9.77. The van der Waals surface area contributed by atoms with Crippen LogP contribution in [0.3, 0.4) is 0 Å². The highest BCUT2D eigenvalue weighted by molar-refractivity contribution is 6.01. The average Bonchev–Trinajstić information content (AvgIpc) is 2.13. The zero-order valence-electron chi connectivity index (χ0n) is 9.68. The van der Waals surface area contributed by atoms with Crippen LogP contribution in [0, 0.1) is 5.92 Å². The number of imide groups is 1. The van der Waals surface area contributed by atoms with Crippen molar-refractivity contribution in [2.75, 3.05) is 6.54 Å². The summed E-state index contributed by atoms with van der Waals surface area (Å²) in [6, 6.07) is -0.549. The van der Waals surface area contributed by atoms with Gasteiger partial charge in [0, 0.05) is 6.04 Å². The smallest absolute Gasteiger partial charge is 0.308 e. The molecule has 6 nitrogen and oxygen atoms in total. The van der Waals surface area contributed by atoms with Crippen molar-refractivity contribution in [1.82, 2.24) is 10.2 Å². The zero-order valence-corrected chi connectivity index (χ0v) is 9.68. The van der Waals surface area contributed by atoms with Crippen LogP contribution in [0.2, 0.25) is 0 Å². The number of amides is 2. The van der Waals surface area contributed by atoms with Crippen LogP contribution < -0.4 is 5.32 Å². The quantitative estimate of drug-likeness (QED) is 0.655. The molecule has 2 amide bonds. The van der Waals surface area contributed by atoms with Crippen LogP contribution in [0.25, 0.3) is 0 Å². The molecule has 2 aliphatic rings. The second-order valence-electron chi connectivity index (χ2n) is 4.60. The van der Waals surface area contributed by atoms with Gasteiger partial charge in [-0.3, -0.25) is 24.6 Å². The van der Waals surface area contributed by atoms with E-state index in [2.05, 4.69) is 5.32 Å². The van der Waals surface area contributed by atoms with Crippen molar-refractivity contribution in [3.05, 3.63) is 0 Å². The van der Waals surface area contributed by atoms with Crippen LogP contribution in [0.5, 0.6) is 0 Å². The number of carbonyl (C=O) groups is 3. The Morgan fingerprint density at radius 1 is 1.47 bits per heavy atom. The van der Waals surface area contributed by atoms with Gasteiger partial charge >= 0.3 is 5.97 Å². The van der Waals surface area contributed by atoms with Crippen molar-refractivity contribution in [3.8, 4) is 0 Å². The van der Waals surface area contributed by atoms with Gasteiger partial charge in [0.15, 0.2) is 0 Å². The Morgan fingerprint density at radius 3 is 2.65 bits per heavy atom. The number of carboxylic acid groups (broad SMARTS) is 1. The van der Waals surface area contributed by atoms with Gasteiger partial charge in [0.2, 0.25) is 11.8 Å². The van der Waals surface area contributed by atoms with Gasteiger partial charge in [0.25, 0.3) is 0 Å². The lowest BCUT2D eigenvalue weighted by Gasteiger charge is -2.46. The maximum Gasteiger partial charge on any atom is 0.308 e. The van der Waals surface area contributed by atoms with Crippen molar-refractivity contribution in [2.45, 2.75) is 38.3 Å².